The highest BCUT2D eigenvalue weighted by molar-refractivity contribution is 14.0. The maximum Gasteiger partial charge on any atom is 0.191 e. The third-order valence-corrected chi connectivity index (χ3v) is 6.95. The van der Waals surface area contributed by atoms with Crippen LogP contribution in [0.1, 0.15) is 68.3 Å². The zero-order valence-electron chi connectivity index (χ0n) is 18.9. The van der Waals surface area contributed by atoms with Crippen LogP contribution in [-0.4, -0.2) is 59.4 Å². The molecular formula is C22H41IN6. The SMILES string of the molecule is CN=C(NCCc1c(C)nn(C)c1C)NCC1(N2CCCCC2)CCCCC1.I. The maximum absolute atomic E-state index is 4.52. The number of halogens is 1. The molecule has 0 aromatic carbocycles. The van der Waals surface area contributed by atoms with Crippen LogP contribution in [0.15, 0.2) is 4.99 Å². The van der Waals surface area contributed by atoms with E-state index in [2.05, 4.69) is 39.5 Å². The van der Waals surface area contributed by atoms with Crippen molar-refractivity contribution in [2.75, 3.05) is 33.2 Å². The summed E-state index contributed by atoms with van der Waals surface area (Å²) in [4.78, 5) is 7.27. The van der Waals surface area contributed by atoms with E-state index in [1.807, 2.05) is 18.8 Å². The van der Waals surface area contributed by atoms with Crippen molar-refractivity contribution in [2.24, 2.45) is 12.0 Å². The summed E-state index contributed by atoms with van der Waals surface area (Å²) in [7, 11) is 3.90. The van der Waals surface area contributed by atoms with Crippen LogP contribution in [0, 0.1) is 13.8 Å². The molecule has 1 aliphatic heterocycles. The summed E-state index contributed by atoms with van der Waals surface area (Å²) >= 11 is 0. The van der Waals surface area contributed by atoms with E-state index in [1.165, 1.54) is 75.7 Å². The first kappa shape index (κ1) is 24.4. The van der Waals surface area contributed by atoms with E-state index < -0.39 is 0 Å². The van der Waals surface area contributed by atoms with Crippen molar-refractivity contribution in [2.45, 2.75) is 77.2 Å². The highest BCUT2D eigenvalue weighted by atomic mass is 127. The zero-order valence-corrected chi connectivity index (χ0v) is 21.2. The molecule has 0 radical (unpaired) electrons. The van der Waals surface area contributed by atoms with E-state index in [1.54, 1.807) is 0 Å². The van der Waals surface area contributed by atoms with Gasteiger partial charge in [0.05, 0.1) is 5.69 Å². The fourth-order valence-electron chi connectivity index (χ4n) is 5.14. The predicted molar refractivity (Wildman–Crippen MR) is 132 cm³/mol. The molecule has 3 rings (SSSR count). The smallest absolute Gasteiger partial charge is 0.191 e. The number of aromatic nitrogens is 2. The summed E-state index contributed by atoms with van der Waals surface area (Å²) < 4.78 is 1.98. The summed E-state index contributed by atoms with van der Waals surface area (Å²) in [5.41, 5.74) is 4.07. The number of hydrogen-bond donors (Lipinski definition) is 2. The van der Waals surface area contributed by atoms with Gasteiger partial charge in [0, 0.05) is 38.4 Å². The standard InChI is InChI=1S/C22H40N6.HI/c1-18-20(19(2)27(4)26-18)11-14-24-21(23-3)25-17-22(12-7-5-8-13-22)28-15-9-6-10-16-28;/h5-17H2,1-4H3,(H2,23,24,25);1H. The Morgan fingerprint density at radius 3 is 2.28 bits per heavy atom. The maximum atomic E-state index is 4.52. The van der Waals surface area contributed by atoms with Gasteiger partial charge in [0.2, 0.25) is 0 Å². The molecule has 7 heteroatoms. The number of hydrogen-bond acceptors (Lipinski definition) is 3. The fraction of sp³-hybridized carbons (Fsp3) is 0.818. The van der Waals surface area contributed by atoms with Crippen molar-refractivity contribution >= 4 is 29.9 Å². The second-order valence-electron chi connectivity index (χ2n) is 8.71. The minimum atomic E-state index is 0. The van der Waals surface area contributed by atoms with Crippen molar-refractivity contribution in [1.82, 2.24) is 25.3 Å². The Morgan fingerprint density at radius 2 is 1.69 bits per heavy atom. The average molecular weight is 517 g/mol. The lowest BCUT2D eigenvalue weighted by Gasteiger charge is -2.48. The summed E-state index contributed by atoms with van der Waals surface area (Å²) in [6.45, 7) is 8.68. The van der Waals surface area contributed by atoms with Gasteiger partial charge in [-0.3, -0.25) is 14.6 Å². The van der Waals surface area contributed by atoms with E-state index in [9.17, 15) is 0 Å². The van der Waals surface area contributed by atoms with Gasteiger partial charge in [-0.15, -0.1) is 24.0 Å². The Morgan fingerprint density at radius 1 is 1.03 bits per heavy atom. The number of rotatable bonds is 6. The highest BCUT2D eigenvalue weighted by Crippen LogP contribution is 2.35. The predicted octanol–water partition coefficient (Wildman–Crippen LogP) is 3.55. The Bertz CT molecular complexity index is 657. The first-order valence-corrected chi connectivity index (χ1v) is 11.2. The number of guanidine groups is 1. The normalized spacial score (nSPS) is 20.2. The molecule has 1 aliphatic carbocycles. The molecule has 1 aromatic heterocycles. The lowest BCUT2D eigenvalue weighted by Crippen LogP contribution is -2.59. The first-order chi connectivity index (χ1) is 13.6. The van der Waals surface area contributed by atoms with Gasteiger partial charge in [0.1, 0.15) is 0 Å². The first-order valence-electron chi connectivity index (χ1n) is 11.2. The van der Waals surface area contributed by atoms with Crippen LogP contribution in [0.5, 0.6) is 0 Å². The Hall–Kier alpha value is -0.830. The average Bonchev–Trinajstić information content (AvgIpc) is 2.97. The minimum absolute atomic E-state index is 0. The van der Waals surface area contributed by atoms with Crippen LogP contribution in [-0.2, 0) is 13.5 Å². The highest BCUT2D eigenvalue weighted by Gasteiger charge is 2.38. The van der Waals surface area contributed by atoms with E-state index >= 15 is 0 Å². The molecule has 0 amide bonds. The molecule has 166 valence electrons. The molecule has 0 spiro atoms. The van der Waals surface area contributed by atoms with Gasteiger partial charge in [-0.25, -0.2) is 0 Å². The molecule has 1 saturated heterocycles. The number of aliphatic imine (C=N–C) groups is 1. The molecule has 2 N–H and O–H groups in total. The molecule has 2 fully saturated rings. The van der Waals surface area contributed by atoms with Gasteiger partial charge in [0.15, 0.2) is 5.96 Å². The third-order valence-electron chi connectivity index (χ3n) is 6.95. The van der Waals surface area contributed by atoms with Crippen molar-refractivity contribution < 1.29 is 0 Å². The van der Waals surface area contributed by atoms with Crippen molar-refractivity contribution in [1.29, 1.82) is 0 Å². The van der Waals surface area contributed by atoms with Crippen LogP contribution in [0.25, 0.3) is 0 Å². The van der Waals surface area contributed by atoms with Crippen molar-refractivity contribution in [3.8, 4) is 0 Å². The molecular weight excluding hydrogens is 475 g/mol. The molecule has 1 saturated carbocycles. The lowest BCUT2D eigenvalue weighted by molar-refractivity contribution is 0.0368. The molecule has 29 heavy (non-hydrogen) atoms. The topological polar surface area (TPSA) is 57.5 Å². The van der Waals surface area contributed by atoms with E-state index in [-0.39, 0.29) is 24.0 Å². The van der Waals surface area contributed by atoms with Gasteiger partial charge < -0.3 is 10.6 Å². The molecule has 6 nitrogen and oxygen atoms in total. The molecule has 1 aromatic rings. The Labute approximate surface area is 194 Å². The van der Waals surface area contributed by atoms with Gasteiger partial charge in [-0.05, 0) is 64.6 Å². The van der Waals surface area contributed by atoms with Crippen molar-refractivity contribution in [3.05, 3.63) is 17.0 Å². The lowest BCUT2D eigenvalue weighted by atomic mass is 9.79. The van der Waals surface area contributed by atoms with Crippen LogP contribution >= 0.6 is 24.0 Å². The summed E-state index contributed by atoms with van der Waals surface area (Å²) in [6, 6.07) is 0. The van der Waals surface area contributed by atoms with E-state index in [4.69, 9.17) is 0 Å². The number of nitrogens with zero attached hydrogens (tertiary/aromatic N) is 4. The summed E-state index contributed by atoms with van der Waals surface area (Å²) in [5, 5.41) is 11.7. The monoisotopic (exact) mass is 516 g/mol. The number of aryl methyl sites for hydroxylation is 2. The molecule has 0 bridgehead atoms. The van der Waals surface area contributed by atoms with Gasteiger partial charge in [-0.2, -0.15) is 5.10 Å². The minimum Gasteiger partial charge on any atom is -0.356 e. The van der Waals surface area contributed by atoms with Gasteiger partial charge in [-0.1, -0.05) is 25.7 Å². The largest absolute Gasteiger partial charge is 0.356 e. The Balaban J connectivity index is 0.00000300. The Kier molecular flexibility index (Phi) is 9.72. The van der Waals surface area contributed by atoms with Crippen LogP contribution < -0.4 is 10.6 Å². The van der Waals surface area contributed by atoms with Gasteiger partial charge >= 0.3 is 0 Å². The van der Waals surface area contributed by atoms with Gasteiger partial charge in [0.25, 0.3) is 0 Å². The molecule has 2 aliphatic rings. The molecule has 0 unspecified atom stereocenters. The van der Waals surface area contributed by atoms with Crippen LogP contribution in [0.3, 0.4) is 0 Å². The van der Waals surface area contributed by atoms with Crippen LogP contribution in [0.4, 0.5) is 0 Å². The zero-order chi connectivity index (χ0) is 20.0. The molecule has 2 heterocycles. The summed E-state index contributed by atoms with van der Waals surface area (Å²) in [5.74, 6) is 0.932. The molecule has 0 atom stereocenters. The quantitative estimate of drug-likeness (QED) is 0.345. The third kappa shape index (κ3) is 6.09. The second kappa shape index (κ2) is 11.5. The number of nitrogens with one attached hydrogen (secondary N) is 2. The van der Waals surface area contributed by atoms with Crippen molar-refractivity contribution in [3.63, 3.8) is 0 Å². The fourth-order valence-corrected chi connectivity index (χ4v) is 5.14. The van der Waals surface area contributed by atoms with E-state index in [0.717, 1.165) is 31.2 Å². The summed E-state index contributed by atoms with van der Waals surface area (Å²) in [6.07, 6.45) is 11.9. The van der Waals surface area contributed by atoms with Crippen LogP contribution in [0.2, 0.25) is 0 Å². The van der Waals surface area contributed by atoms with E-state index in [0.29, 0.717) is 5.54 Å². The number of piperidine rings is 1. The second-order valence-corrected chi connectivity index (χ2v) is 8.71. The number of likely N-dealkylation sites (tertiary alicyclic amines) is 1.